The second-order valence-electron chi connectivity index (χ2n) is 3.67. The second kappa shape index (κ2) is 10.6. The van der Waals surface area contributed by atoms with Crippen molar-refractivity contribution in [3.05, 3.63) is 12.7 Å². The maximum Gasteiger partial charge on any atom is 0.0110 e. The van der Waals surface area contributed by atoms with Crippen molar-refractivity contribution in [3.8, 4) is 0 Å². The van der Waals surface area contributed by atoms with Crippen molar-refractivity contribution in [3.63, 3.8) is 0 Å². The van der Waals surface area contributed by atoms with Gasteiger partial charge in [-0.1, -0.05) is 61.3 Å². The lowest BCUT2D eigenvalue weighted by atomic mass is 10.1. The molecule has 0 aromatic heterocycles. The van der Waals surface area contributed by atoms with Crippen molar-refractivity contribution < 1.29 is 0 Å². The number of allylic oxidation sites excluding steroid dienone is 1. The molecule has 0 heterocycles. The van der Waals surface area contributed by atoms with Gasteiger partial charge in [0, 0.05) is 3.92 Å². The van der Waals surface area contributed by atoms with Crippen LogP contribution in [0.25, 0.3) is 0 Å². The monoisotopic (exact) mass is 294 g/mol. The molecule has 0 bridgehead atoms. The number of hydrogen-bond donors (Lipinski definition) is 0. The lowest BCUT2D eigenvalue weighted by molar-refractivity contribution is 0.599. The zero-order chi connectivity index (χ0) is 9.94. The lowest BCUT2D eigenvalue weighted by Gasteiger charge is -2.07. The van der Waals surface area contributed by atoms with Gasteiger partial charge in [-0.15, -0.1) is 6.58 Å². The average Bonchev–Trinajstić information content (AvgIpc) is 2.13. The maximum atomic E-state index is 3.74. The highest BCUT2D eigenvalue weighted by molar-refractivity contribution is 14.1. The first kappa shape index (κ1) is 13.5. The predicted octanol–water partition coefficient (Wildman–Crippen LogP) is 5.12. The number of rotatable bonds is 9. The van der Waals surface area contributed by atoms with Crippen molar-refractivity contribution in [2.45, 2.75) is 62.2 Å². The molecule has 1 heteroatoms. The Kier molecular flexibility index (Phi) is 10.9. The van der Waals surface area contributed by atoms with Gasteiger partial charge in [0.05, 0.1) is 0 Å². The van der Waals surface area contributed by atoms with E-state index >= 15 is 0 Å². The van der Waals surface area contributed by atoms with Gasteiger partial charge in [-0.2, -0.15) is 0 Å². The van der Waals surface area contributed by atoms with Crippen LogP contribution in [-0.4, -0.2) is 3.92 Å². The molecule has 78 valence electrons. The summed E-state index contributed by atoms with van der Waals surface area (Å²) >= 11 is 2.60. The molecule has 0 aromatic rings. The van der Waals surface area contributed by atoms with Crippen LogP contribution in [-0.2, 0) is 0 Å². The highest BCUT2D eigenvalue weighted by Crippen LogP contribution is 2.18. The average molecular weight is 294 g/mol. The molecule has 1 atom stereocenters. The number of halogens is 1. The smallest absolute Gasteiger partial charge is 0.0110 e. The van der Waals surface area contributed by atoms with E-state index in [1.165, 1.54) is 51.4 Å². The molecule has 0 spiro atoms. The highest BCUT2D eigenvalue weighted by Gasteiger charge is 2.02. The summed E-state index contributed by atoms with van der Waals surface area (Å²) < 4.78 is 0.898. The first-order valence-electron chi connectivity index (χ1n) is 5.56. The third-order valence-corrected chi connectivity index (χ3v) is 3.54. The zero-order valence-corrected chi connectivity index (χ0v) is 11.1. The molecular formula is C12H23I. The Balaban J connectivity index is 3.09. The molecule has 0 saturated heterocycles. The minimum atomic E-state index is 0.898. The van der Waals surface area contributed by atoms with E-state index in [4.69, 9.17) is 0 Å². The summed E-state index contributed by atoms with van der Waals surface area (Å²) in [5, 5.41) is 0. The summed E-state index contributed by atoms with van der Waals surface area (Å²) in [7, 11) is 0. The molecule has 0 fully saturated rings. The zero-order valence-electron chi connectivity index (χ0n) is 8.90. The largest absolute Gasteiger partial charge is 0.103 e. The summed E-state index contributed by atoms with van der Waals surface area (Å²) in [5.74, 6) is 0. The van der Waals surface area contributed by atoms with E-state index in [0.717, 1.165) is 3.92 Å². The summed E-state index contributed by atoms with van der Waals surface area (Å²) in [4.78, 5) is 0. The number of hydrogen-bond acceptors (Lipinski definition) is 0. The standard InChI is InChI=1S/C12H23I/c1-3-5-7-9-11-12(13)10-8-6-4-2/h4,12H,2-3,5-11H2,1H3. The van der Waals surface area contributed by atoms with Gasteiger partial charge in [-0.3, -0.25) is 0 Å². The normalized spacial score (nSPS) is 12.8. The summed E-state index contributed by atoms with van der Waals surface area (Å²) in [6.07, 6.45) is 12.9. The van der Waals surface area contributed by atoms with Crippen LogP contribution in [0.1, 0.15) is 58.3 Å². The van der Waals surface area contributed by atoms with Crippen LogP contribution in [0.3, 0.4) is 0 Å². The van der Waals surface area contributed by atoms with Crippen LogP contribution in [0.2, 0.25) is 0 Å². The first-order chi connectivity index (χ1) is 6.31. The van der Waals surface area contributed by atoms with Crippen LogP contribution >= 0.6 is 22.6 Å². The summed E-state index contributed by atoms with van der Waals surface area (Å²) in [6.45, 7) is 6.01. The molecular weight excluding hydrogens is 271 g/mol. The SMILES string of the molecule is C=CCCCC(I)CCCCCC. The predicted molar refractivity (Wildman–Crippen MR) is 70.6 cm³/mol. The Morgan fingerprint density at radius 3 is 2.46 bits per heavy atom. The van der Waals surface area contributed by atoms with Gasteiger partial charge in [0.25, 0.3) is 0 Å². The van der Waals surface area contributed by atoms with Gasteiger partial charge in [-0.25, -0.2) is 0 Å². The third kappa shape index (κ3) is 10.4. The highest BCUT2D eigenvalue weighted by atomic mass is 127. The molecule has 0 aliphatic rings. The fourth-order valence-electron chi connectivity index (χ4n) is 1.42. The molecule has 0 N–H and O–H groups in total. The molecule has 0 aliphatic carbocycles. The Hall–Kier alpha value is 0.470. The van der Waals surface area contributed by atoms with E-state index in [-0.39, 0.29) is 0 Å². The lowest BCUT2D eigenvalue weighted by Crippen LogP contribution is -1.96. The van der Waals surface area contributed by atoms with E-state index in [1.54, 1.807) is 0 Å². The van der Waals surface area contributed by atoms with Gasteiger partial charge in [-0.05, 0) is 25.7 Å². The maximum absolute atomic E-state index is 3.74. The van der Waals surface area contributed by atoms with Crippen molar-refractivity contribution in [2.75, 3.05) is 0 Å². The Labute approximate surface area is 97.3 Å². The fourth-order valence-corrected chi connectivity index (χ4v) is 2.30. The third-order valence-electron chi connectivity index (χ3n) is 2.30. The Bertz CT molecular complexity index is 110. The van der Waals surface area contributed by atoms with Crippen LogP contribution in [0.5, 0.6) is 0 Å². The van der Waals surface area contributed by atoms with Crippen molar-refractivity contribution in [1.29, 1.82) is 0 Å². The van der Waals surface area contributed by atoms with E-state index in [9.17, 15) is 0 Å². The quantitative estimate of drug-likeness (QED) is 0.240. The minimum Gasteiger partial charge on any atom is -0.103 e. The molecule has 0 radical (unpaired) electrons. The summed E-state index contributed by atoms with van der Waals surface area (Å²) in [5.41, 5.74) is 0. The molecule has 0 saturated carbocycles. The van der Waals surface area contributed by atoms with Gasteiger partial charge >= 0.3 is 0 Å². The van der Waals surface area contributed by atoms with E-state index in [1.807, 2.05) is 6.08 Å². The molecule has 0 aliphatic heterocycles. The topological polar surface area (TPSA) is 0 Å². The molecule has 13 heavy (non-hydrogen) atoms. The van der Waals surface area contributed by atoms with Crippen LogP contribution in [0.15, 0.2) is 12.7 Å². The molecule has 0 rings (SSSR count). The molecule has 0 amide bonds. The van der Waals surface area contributed by atoms with Crippen LogP contribution < -0.4 is 0 Å². The van der Waals surface area contributed by atoms with E-state index < -0.39 is 0 Å². The Morgan fingerprint density at radius 1 is 1.15 bits per heavy atom. The fraction of sp³-hybridized carbons (Fsp3) is 0.833. The minimum absolute atomic E-state index is 0.898. The van der Waals surface area contributed by atoms with Gasteiger partial charge in [0.15, 0.2) is 0 Å². The van der Waals surface area contributed by atoms with Crippen LogP contribution in [0, 0.1) is 0 Å². The second-order valence-corrected chi connectivity index (χ2v) is 5.43. The molecule has 0 aromatic carbocycles. The first-order valence-corrected chi connectivity index (χ1v) is 6.80. The van der Waals surface area contributed by atoms with Gasteiger partial charge < -0.3 is 0 Å². The van der Waals surface area contributed by atoms with Crippen LogP contribution in [0.4, 0.5) is 0 Å². The molecule has 1 unspecified atom stereocenters. The van der Waals surface area contributed by atoms with Gasteiger partial charge in [0.1, 0.15) is 0 Å². The summed E-state index contributed by atoms with van der Waals surface area (Å²) in [6, 6.07) is 0. The van der Waals surface area contributed by atoms with Crippen molar-refractivity contribution >= 4 is 22.6 Å². The number of alkyl halides is 1. The van der Waals surface area contributed by atoms with Crippen molar-refractivity contribution in [2.24, 2.45) is 0 Å². The van der Waals surface area contributed by atoms with E-state index in [0.29, 0.717) is 0 Å². The number of unbranched alkanes of at least 4 members (excludes halogenated alkanes) is 4. The van der Waals surface area contributed by atoms with E-state index in [2.05, 4.69) is 36.1 Å². The van der Waals surface area contributed by atoms with Gasteiger partial charge in [0.2, 0.25) is 0 Å². The molecule has 0 nitrogen and oxygen atoms in total. The van der Waals surface area contributed by atoms with Crippen molar-refractivity contribution in [1.82, 2.24) is 0 Å². The Morgan fingerprint density at radius 2 is 1.85 bits per heavy atom.